The second-order valence-corrected chi connectivity index (χ2v) is 3.30. The molecule has 0 unspecified atom stereocenters. The number of nitrogens with zero attached hydrogens (tertiary/aromatic N) is 3. The van der Waals surface area contributed by atoms with Gasteiger partial charge in [-0.3, -0.25) is 9.59 Å². The van der Waals surface area contributed by atoms with E-state index in [2.05, 4.69) is 15.5 Å². The fraction of sp³-hybridized carbons (Fsp3) is 0.500. The molecule has 7 nitrogen and oxygen atoms in total. The average Bonchev–Trinajstić information content (AvgIpc) is 2.51. The predicted molar refractivity (Wildman–Crippen MR) is 51.1 cm³/mol. The normalized spacial score (nSPS) is 10.3. The van der Waals surface area contributed by atoms with E-state index in [0.717, 1.165) is 4.80 Å². The van der Waals surface area contributed by atoms with Crippen molar-refractivity contribution in [1.82, 2.24) is 15.0 Å². The van der Waals surface area contributed by atoms with E-state index in [1.165, 1.54) is 6.20 Å². The molecule has 1 aromatic rings. The van der Waals surface area contributed by atoms with E-state index in [1.807, 2.05) is 0 Å². The van der Waals surface area contributed by atoms with E-state index < -0.39 is 5.97 Å². The molecule has 0 fully saturated rings. The summed E-state index contributed by atoms with van der Waals surface area (Å²) in [5.74, 6) is -1.12. The number of carbonyl (C=O) groups excluding carboxylic acids is 1. The van der Waals surface area contributed by atoms with Crippen LogP contribution in [-0.2, 0) is 16.1 Å². The fourth-order valence-electron chi connectivity index (χ4n) is 0.822. The standard InChI is InChI=1S/C8H12N4O3/c1-5(2)8(15)10-6-3-9-12(11-6)4-7(13)14/h3,5H,4H2,1-2H3,(H,13,14)(H,10,11,15). The number of carbonyl (C=O) groups is 2. The van der Waals surface area contributed by atoms with Gasteiger partial charge in [0.25, 0.3) is 0 Å². The number of nitrogens with one attached hydrogen (secondary N) is 1. The van der Waals surface area contributed by atoms with Crippen molar-refractivity contribution in [1.29, 1.82) is 0 Å². The average molecular weight is 212 g/mol. The Kier molecular flexibility index (Phi) is 3.37. The van der Waals surface area contributed by atoms with Crippen LogP contribution in [0.15, 0.2) is 6.20 Å². The maximum atomic E-state index is 11.2. The van der Waals surface area contributed by atoms with Gasteiger partial charge < -0.3 is 10.4 Å². The molecule has 1 aromatic heterocycles. The van der Waals surface area contributed by atoms with Crippen LogP contribution in [0.4, 0.5) is 5.82 Å². The topological polar surface area (TPSA) is 97.1 Å². The second-order valence-electron chi connectivity index (χ2n) is 3.30. The lowest BCUT2D eigenvalue weighted by Crippen LogP contribution is -2.18. The number of anilines is 1. The fourth-order valence-corrected chi connectivity index (χ4v) is 0.822. The highest BCUT2D eigenvalue weighted by Gasteiger charge is 2.10. The molecular formula is C8H12N4O3. The third kappa shape index (κ3) is 3.37. The molecule has 1 rings (SSSR count). The van der Waals surface area contributed by atoms with Crippen LogP contribution in [0.2, 0.25) is 0 Å². The van der Waals surface area contributed by atoms with Gasteiger partial charge in [-0.2, -0.15) is 9.90 Å². The van der Waals surface area contributed by atoms with Gasteiger partial charge in [0, 0.05) is 5.92 Å². The summed E-state index contributed by atoms with van der Waals surface area (Å²) < 4.78 is 0. The molecule has 0 spiro atoms. The highest BCUT2D eigenvalue weighted by molar-refractivity contribution is 5.90. The predicted octanol–water partition coefficient (Wildman–Crippen LogP) is -0.0428. The highest BCUT2D eigenvalue weighted by Crippen LogP contribution is 2.02. The van der Waals surface area contributed by atoms with Crippen LogP contribution in [0, 0.1) is 5.92 Å². The Labute approximate surface area is 86.1 Å². The van der Waals surface area contributed by atoms with Crippen LogP contribution in [0.5, 0.6) is 0 Å². The van der Waals surface area contributed by atoms with E-state index in [0.29, 0.717) is 0 Å². The number of hydrogen-bond acceptors (Lipinski definition) is 4. The van der Waals surface area contributed by atoms with Crippen LogP contribution >= 0.6 is 0 Å². The van der Waals surface area contributed by atoms with Gasteiger partial charge in [-0.25, -0.2) is 0 Å². The Morgan fingerprint density at radius 3 is 2.80 bits per heavy atom. The van der Waals surface area contributed by atoms with Crippen LogP contribution in [0.25, 0.3) is 0 Å². The van der Waals surface area contributed by atoms with Gasteiger partial charge in [-0.1, -0.05) is 13.8 Å². The molecule has 1 heterocycles. The molecule has 0 aliphatic rings. The highest BCUT2D eigenvalue weighted by atomic mass is 16.4. The molecule has 0 saturated heterocycles. The first-order valence-electron chi connectivity index (χ1n) is 4.42. The van der Waals surface area contributed by atoms with Crippen molar-refractivity contribution in [2.45, 2.75) is 20.4 Å². The first kappa shape index (κ1) is 11.2. The lowest BCUT2D eigenvalue weighted by atomic mass is 10.2. The van der Waals surface area contributed by atoms with Gasteiger partial charge >= 0.3 is 5.97 Å². The molecule has 82 valence electrons. The van der Waals surface area contributed by atoms with Crippen molar-refractivity contribution < 1.29 is 14.7 Å². The van der Waals surface area contributed by atoms with E-state index >= 15 is 0 Å². The molecule has 0 saturated carbocycles. The number of aromatic nitrogens is 3. The van der Waals surface area contributed by atoms with E-state index in [4.69, 9.17) is 5.11 Å². The zero-order chi connectivity index (χ0) is 11.4. The molecule has 1 amide bonds. The van der Waals surface area contributed by atoms with Gasteiger partial charge in [0.05, 0.1) is 6.20 Å². The molecule has 0 aliphatic heterocycles. The minimum Gasteiger partial charge on any atom is -0.480 e. The van der Waals surface area contributed by atoms with Crippen molar-refractivity contribution in [2.75, 3.05) is 5.32 Å². The SMILES string of the molecule is CC(C)C(=O)Nc1cnn(CC(=O)O)n1. The van der Waals surface area contributed by atoms with Crippen LogP contribution < -0.4 is 5.32 Å². The van der Waals surface area contributed by atoms with Gasteiger partial charge in [-0.15, -0.1) is 5.10 Å². The van der Waals surface area contributed by atoms with Crippen molar-refractivity contribution in [3.63, 3.8) is 0 Å². The summed E-state index contributed by atoms with van der Waals surface area (Å²) in [5.41, 5.74) is 0. The molecule has 0 aliphatic carbocycles. The minimum absolute atomic E-state index is 0.158. The smallest absolute Gasteiger partial charge is 0.327 e. The maximum Gasteiger partial charge on any atom is 0.327 e. The monoisotopic (exact) mass is 212 g/mol. The summed E-state index contributed by atoms with van der Waals surface area (Å²) in [5, 5.41) is 18.4. The van der Waals surface area contributed by atoms with Gasteiger partial charge in [0.1, 0.15) is 0 Å². The molecule has 2 N–H and O–H groups in total. The Morgan fingerprint density at radius 2 is 2.27 bits per heavy atom. The minimum atomic E-state index is -1.03. The zero-order valence-corrected chi connectivity index (χ0v) is 8.47. The van der Waals surface area contributed by atoms with E-state index in [1.54, 1.807) is 13.8 Å². The second kappa shape index (κ2) is 4.54. The summed E-state index contributed by atoms with van der Waals surface area (Å²) >= 11 is 0. The van der Waals surface area contributed by atoms with E-state index in [-0.39, 0.29) is 24.2 Å². The van der Waals surface area contributed by atoms with Crippen LogP contribution in [0.3, 0.4) is 0 Å². The summed E-state index contributed by atoms with van der Waals surface area (Å²) in [6.45, 7) is 3.17. The Hall–Kier alpha value is -1.92. The summed E-state index contributed by atoms with van der Waals surface area (Å²) in [4.78, 5) is 22.6. The first-order chi connectivity index (χ1) is 6.99. The van der Waals surface area contributed by atoms with Gasteiger partial charge in [0.15, 0.2) is 12.4 Å². The molecule has 0 radical (unpaired) electrons. The number of rotatable bonds is 4. The molecule has 7 heteroatoms. The van der Waals surface area contributed by atoms with Crippen molar-refractivity contribution in [2.24, 2.45) is 5.92 Å². The van der Waals surface area contributed by atoms with Gasteiger partial charge in [-0.05, 0) is 0 Å². The Balaban J connectivity index is 2.60. The summed E-state index contributed by atoms with van der Waals surface area (Å²) in [6.07, 6.45) is 1.31. The summed E-state index contributed by atoms with van der Waals surface area (Å²) in [7, 11) is 0. The number of carboxylic acids is 1. The van der Waals surface area contributed by atoms with Crippen molar-refractivity contribution in [3.8, 4) is 0 Å². The third-order valence-corrected chi connectivity index (χ3v) is 1.59. The van der Waals surface area contributed by atoms with Crippen molar-refractivity contribution in [3.05, 3.63) is 6.20 Å². The third-order valence-electron chi connectivity index (χ3n) is 1.59. The molecule has 15 heavy (non-hydrogen) atoms. The first-order valence-corrected chi connectivity index (χ1v) is 4.42. The molecule has 0 bridgehead atoms. The molecule has 0 aromatic carbocycles. The Bertz CT molecular complexity index is 372. The quantitative estimate of drug-likeness (QED) is 0.729. The number of aliphatic carboxylic acids is 1. The van der Waals surface area contributed by atoms with Crippen molar-refractivity contribution >= 4 is 17.7 Å². The maximum absolute atomic E-state index is 11.2. The van der Waals surface area contributed by atoms with Crippen LogP contribution in [0.1, 0.15) is 13.8 Å². The lowest BCUT2D eigenvalue weighted by Gasteiger charge is -2.02. The Morgan fingerprint density at radius 1 is 1.60 bits per heavy atom. The summed E-state index contributed by atoms with van der Waals surface area (Å²) in [6, 6.07) is 0. The van der Waals surface area contributed by atoms with E-state index in [9.17, 15) is 9.59 Å². The lowest BCUT2D eigenvalue weighted by molar-refractivity contribution is -0.138. The number of amides is 1. The number of hydrogen-bond donors (Lipinski definition) is 2. The zero-order valence-electron chi connectivity index (χ0n) is 8.47. The molecule has 0 atom stereocenters. The largest absolute Gasteiger partial charge is 0.480 e. The molecular weight excluding hydrogens is 200 g/mol. The number of carboxylic acid groups (broad SMARTS) is 1. The van der Waals surface area contributed by atoms with Gasteiger partial charge in [0.2, 0.25) is 5.91 Å². The van der Waals surface area contributed by atoms with Crippen LogP contribution in [-0.4, -0.2) is 32.0 Å².